The van der Waals surface area contributed by atoms with Crippen molar-refractivity contribution in [2.75, 3.05) is 6.54 Å². The van der Waals surface area contributed by atoms with Crippen molar-refractivity contribution in [3.8, 4) is 0 Å². The second-order valence-corrected chi connectivity index (χ2v) is 8.79. The average molecular weight is 635 g/mol. The van der Waals surface area contributed by atoms with E-state index in [4.69, 9.17) is 5.11 Å². The smallest absolute Gasteiger partial charge is 0.460 e. The summed E-state index contributed by atoms with van der Waals surface area (Å²) in [4.78, 5) is 10.4. The summed E-state index contributed by atoms with van der Waals surface area (Å²) in [6.45, 7) is -1.83. The molecule has 25 heteroatoms. The topological polar surface area (TPSA) is 74.7 Å². The second kappa shape index (κ2) is 9.31. The molecule has 0 aromatic rings. The highest BCUT2D eigenvalue weighted by atomic mass is 32.2. The molecule has 0 atom stereocenters. The van der Waals surface area contributed by atoms with Crippen LogP contribution in [0.2, 0.25) is 0 Å². The van der Waals surface area contributed by atoms with Gasteiger partial charge < -0.3 is 5.11 Å². The Morgan fingerprint density at radius 2 is 0.895 bits per heavy atom. The minimum Gasteiger partial charge on any atom is -0.476 e. The second-order valence-electron chi connectivity index (χ2n) is 6.88. The van der Waals surface area contributed by atoms with Crippen LogP contribution in [0.4, 0.5) is 83.4 Å². The third-order valence-corrected chi connectivity index (χ3v) is 6.20. The lowest BCUT2D eigenvalue weighted by molar-refractivity contribution is -0.458. The Hall–Kier alpha value is -1.95. The summed E-state index contributed by atoms with van der Waals surface area (Å²) in [7, 11) is -8.45. The van der Waals surface area contributed by atoms with Gasteiger partial charge in [0.15, 0.2) is 0 Å². The molecular formula is C13H8F19NO4S. The van der Waals surface area contributed by atoms with Crippen LogP contribution >= 0.6 is 0 Å². The largest absolute Gasteiger partial charge is 0.476 e. The van der Waals surface area contributed by atoms with E-state index in [0.29, 0.717) is 6.92 Å². The van der Waals surface area contributed by atoms with Crippen LogP contribution in [0, 0.1) is 0 Å². The zero-order chi connectivity index (χ0) is 31.6. The highest BCUT2D eigenvalue weighted by molar-refractivity contribution is 7.90. The number of sulfonamides is 1. The van der Waals surface area contributed by atoms with Gasteiger partial charge in [-0.1, -0.05) is 6.92 Å². The van der Waals surface area contributed by atoms with Crippen molar-refractivity contribution < 1.29 is 102 Å². The SMILES string of the molecule is CCCN(C(F)(F)C(=O)O)S(=O)(=O)C(F)(F)C(F)(F)C(F)(F)C(F)(F)C(F)(F)C(F)(F)C(F)(F)C(F)(F)F. The Balaban J connectivity index is 7.29. The minimum absolute atomic E-state index is 0.503. The summed E-state index contributed by atoms with van der Waals surface area (Å²) < 4.78 is 273. The predicted octanol–water partition coefficient (Wildman–Crippen LogP) is 5.67. The Morgan fingerprint density at radius 3 is 1.16 bits per heavy atom. The minimum atomic E-state index is -9.15. The van der Waals surface area contributed by atoms with Crippen molar-refractivity contribution >= 4 is 16.0 Å². The highest BCUT2D eigenvalue weighted by Gasteiger charge is 2.96. The van der Waals surface area contributed by atoms with Gasteiger partial charge in [0.05, 0.1) is 0 Å². The van der Waals surface area contributed by atoms with E-state index in [0.717, 1.165) is 0 Å². The Morgan fingerprint density at radius 1 is 0.605 bits per heavy atom. The third kappa shape index (κ3) is 4.49. The molecule has 5 nitrogen and oxygen atoms in total. The van der Waals surface area contributed by atoms with Crippen molar-refractivity contribution in [1.29, 1.82) is 0 Å². The molecule has 38 heavy (non-hydrogen) atoms. The molecule has 0 spiro atoms. The summed E-state index contributed by atoms with van der Waals surface area (Å²) >= 11 is 0. The molecule has 0 aliphatic carbocycles. The average Bonchev–Trinajstić information content (AvgIpc) is 2.69. The molecule has 0 aliphatic heterocycles. The van der Waals surface area contributed by atoms with Gasteiger partial charge in [0.25, 0.3) is 10.0 Å². The number of carboxylic acids is 1. The monoisotopic (exact) mass is 635 g/mol. The van der Waals surface area contributed by atoms with E-state index in [-0.39, 0.29) is 0 Å². The molecule has 0 rings (SSSR count). The zero-order valence-electron chi connectivity index (χ0n) is 17.1. The van der Waals surface area contributed by atoms with Crippen LogP contribution in [0.3, 0.4) is 0 Å². The van der Waals surface area contributed by atoms with Crippen LogP contribution in [-0.2, 0) is 14.8 Å². The summed E-state index contributed by atoms with van der Waals surface area (Å²) in [5.74, 6) is -57.2. The van der Waals surface area contributed by atoms with E-state index in [9.17, 15) is 96.6 Å². The lowest BCUT2D eigenvalue weighted by Crippen LogP contribution is -2.75. The summed E-state index contributed by atoms with van der Waals surface area (Å²) in [5, 5.41) is -0.0974. The molecule has 0 aromatic carbocycles. The Kier molecular flexibility index (Phi) is 8.84. The number of aliphatic carboxylic acids is 1. The predicted molar refractivity (Wildman–Crippen MR) is 79.2 cm³/mol. The molecule has 0 saturated carbocycles. The maximum atomic E-state index is 14.0. The molecule has 0 aromatic heterocycles. The standard InChI is InChI=1S/C13H8F19NO4S/c1-2-3-33(5(14,15)4(34)35)38(36,37)13(31,32)11(26,27)9(22,23)7(18,19)6(16,17)8(20,21)10(24,25)12(28,29)30/h2-3H2,1H3,(H,34,35). The van der Waals surface area contributed by atoms with E-state index in [1.54, 1.807) is 0 Å². The van der Waals surface area contributed by atoms with E-state index in [1.165, 1.54) is 0 Å². The van der Waals surface area contributed by atoms with Gasteiger partial charge in [0.1, 0.15) is 0 Å². The summed E-state index contributed by atoms with van der Waals surface area (Å²) in [6, 6.07) is -6.29. The van der Waals surface area contributed by atoms with E-state index in [2.05, 4.69) is 0 Å². The number of hydrogen-bond donors (Lipinski definition) is 1. The molecule has 0 saturated heterocycles. The van der Waals surface area contributed by atoms with Crippen LogP contribution in [0.15, 0.2) is 0 Å². The van der Waals surface area contributed by atoms with E-state index in [1.807, 2.05) is 0 Å². The van der Waals surface area contributed by atoms with Gasteiger partial charge in [-0.15, -0.1) is 4.31 Å². The van der Waals surface area contributed by atoms with Crippen molar-refractivity contribution in [1.82, 2.24) is 4.31 Å². The van der Waals surface area contributed by atoms with E-state index >= 15 is 0 Å². The molecule has 0 unspecified atom stereocenters. The lowest BCUT2D eigenvalue weighted by Gasteiger charge is -2.43. The number of hydrogen-bond acceptors (Lipinski definition) is 3. The van der Waals surface area contributed by atoms with Crippen LogP contribution in [0.5, 0.6) is 0 Å². The molecule has 0 heterocycles. The summed E-state index contributed by atoms with van der Waals surface area (Å²) in [5.41, 5.74) is 0. The number of rotatable bonds is 12. The van der Waals surface area contributed by atoms with Gasteiger partial charge in [-0.3, -0.25) is 0 Å². The maximum Gasteiger partial charge on any atom is 0.460 e. The van der Waals surface area contributed by atoms with Crippen molar-refractivity contribution in [2.45, 2.75) is 66.4 Å². The number of halogens is 19. The van der Waals surface area contributed by atoms with Crippen LogP contribution < -0.4 is 0 Å². The van der Waals surface area contributed by atoms with E-state index < -0.39 is 86.3 Å². The van der Waals surface area contributed by atoms with Gasteiger partial charge in [0, 0.05) is 6.54 Å². The Bertz CT molecular complexity index is 1000. The number of carboxylic acid groups (broad SMARTS) is 1. The number of carbonyl (C=O) groups is 1. The molecule has 228 valence electrons. The highest BCUT2D eigenvalue weighted by Crippen LogP contribution is 2.64. The van der Waals surface area contributed by atoms with Gasteiger partial charge in [-0.25, -0.2) is 13.2 Å². The molecule has 0 radical (unpaired) electrons. The molecule has 1 N–H and O–H groups in total. The van der Waals surface area contributed by atoms with Gasteiger partial charge >= 0.3 is 59.0 Å². The molecule has 0 fully saturated rings. The first-order chi connectivity index (χ1) is 16.1. The fourth-order valence-corrected chi connectivity index (χ4v) is 3.70. The fraction of sp³-hybridized carbons (Fsp3) is 0.923. The van der Waals surface area contributed by atoms with Crippen LogP contribution in [0.1, 0.15) is 13.3 Å². The van der Waals surface area contributed by atoms with Crippen molar-refractivity contribution in [3.63, 3.8) is 0 Å². The maximum absolute atomic E-state index is 14.0. The van der Waals surface area contributed by atoms with Crippen LogP contribution in [-0.4, -0.2) is 83.4 Å². The van der Waals surface area contributed by atoms with Gasteiger partial charge in [-0.2, -0.15) is 83.4 Å². The first-order valence-electron chi connectivity index (χ1n) is 8.49. The van der Waals surface area contributed by atoms with Gasteiger partial charge in [0.2, 0.25) is 0 Å². The molecular weight excluding hydrogens is 627 g/mol. The first kappa shape index (κ1) is 36.0. The zero-order valence-corrected chi connectivity index (χ0v) is 17.9. The van der Waals surface area contributed by atoms with Crippen LogP contribution in [0.25, 0.3) is 0 Å². The third-order valence-electron chi connectivity index (χ3n) is 4.30. The number of alkyl halides is 19. The van der Waals surface area contributed by atoms with Gasteiger partial charge in [-0.05, 0) is 6.42 Å². The quantitative estimate of drug-likeness (QED) is 0.222. The molecule has 0 aliphatic rings. The normalized spacial score (nSPS) is 16.2. The summed E-state index contributed by atoms with van der Waals surface area (Å²) in [6.07, 6.45) is -9.28. The fourth-order valence-electron chi connectivity index (χ4n) is 2.17. The Labute approximate surface area is 196 Å². The van der Waals surface area contributed by atoms with Crippen molar-refractivity contribution in [3.05, 3.63) is 0 Å². The molecule has 0 amide bonds. The number of nitrogens with zero attached hydrogens (tertiary/aromatic N) is 1. The lowest BCUT2D eigenvalue weighted by atomic mass is 9.91. The first-order valence-corrected chi connectivity index (χ1v) is 9.93. The molecule has 0 bridgehead atoms. The van der Waals surface area contributed by atoms with Crippen molar-refractivity contribution in [2.24, 2.45) is 0 Å².